The predicted molar refractivity (Wildman–Crippen MR) is 129 cm³/mol. The summed E-state index contributed by atoms with van der Waals surface area (Å²) in [4.78, 5) is 13.9. The molecular weight excluding hydrogens is 400 g/mol. The van der Waals surface area contributed by atoms with Crippen LogP contribution in [0.15, 0.2) is 84.2 Å². The average molecular weight is 432 g/mol. The number of piperazine rings is 1. The van der Waals surface area contributed by atoms with Gasteiger partial charge in [0.15, 0.2) is 13.1 Å². The quantitative estimate of drug-likeness (QED) is 0.674. The lowest BCUT2D eigenvalue weighted by Gasteiger charge is -2.25. The minimum absolute atomic E-state index is 0.216. The van der Waals surface area contributed by atoms with Gasteiger partial charge in [0, 0.05) is 34.9 Å². The fourth-order valence-corrected chi connectivity index (χ4v) is 4.14. The fraction of sp³-hybridized carbons (Fsp3) is 0.308. The Morgan fingerprint density at radius 1 is 0.906 bits per heavy atom. The van der Waals surface area contributed by atoms with Crippen LogP contribution in [0.1, 0.15) is 19.8 Å². The first-order valence-electron chi connectivity index (χ1n) is 11.3. The third kappa shape index (κ3) is 5.38. The monoisotopic (exact) mass is 431 g/mol. The number of nitrogens with one attached hydrogen (secondary N) is 2. The lowest BCUT2D eigenvalue weighted by molar-refractivity contribution is -0.537. The maximum atomic E-state index is 12.1. The number of carbonyl (C=O) groups excluding carboxylic acids is 1. The van der Waals surface area contributed by atoms with E-state index in [1.807, 2.05) is 43.3 Å². The van der Waals surface area contributed by atoms with E-state index >= 15 is 0 Å². The largest absolute Gasteiger partial charge is 0.450 e. The second-order valence-corrected chi connectivity index (χ2v) is 7.88. The lowest BCUT2D eigenvalue weighted by atomic mass is 10.1. The molecule has 2 aromatic carbocycles. The van der Waals surface area contributed by atoms with Crippen molar-refractivity contribution in [1.29, 1.82) is 0 Å². The molecule has 0 bridgehead atoms. The predicted octanol–water partition coefficient (Wildman–Crippen LogP) is 4.70. The molecule has 1 aliphatic heterocycles. The summed E-state index contributed by atoms with van der Waals surface area (Å²) in [7, 11) is 0. The third-order valence-electron chi connectivity index (χ3n) is 5.77. The van der Waals surface area contributed by atoms with Gasteiger partial charge in [-0.05, 0) is 44.0 Å². The SMILES string of the molecule is CCOC(=O)N1CC[N+](=C2/C(=C\Nc3ccccc3)CC/C2=C\Nc2ccccc2)CC1. The van der Waals surface area contributed by atoms with Crippen LogP contribution >= 0.6 is 0 Å². The van der Waals surface area contributed by atoms with Gasteiger partial charge in [-0.1, -0.05) is 36.4 Å². The summed E-state index contributed by atoms with van der Waals surface area (Å²) < 4.78 is 7.58. The van der Waals surface area contributed by atoms with Gasteiger partial charge >= 0.3 is 6.09 Å². The Balaban J connectivity index is 1.57. The van der Waals surface area contributed by atoms with E-state index in [-0.39, 0.29) is 6.09 Å². The van der Waals surface area contributed by atoms with Gasteiger partial charge in [0.25, 0.3) is 0 Å². The Hall–Kier alpha value is -3.54. The molecule has 0 spiro atoms. The van der Waals surface area contributed by atoms with Crippen LogP contribution in [0.5, 0.6) is 0 Å². The molecule has 1 heterocycles. The molecule has 1 saturated carbocycles. The van der Waals surface area contributed by atoms with Crippen LogP contribution in [0, 0.1) is 0 Å². The minimum Gasteiger partial charge on any atom is -0.450 e. The standard InChI is InChI=1S/C26H30N4O2/c1-2-32-26(31)30-17-15-29(16-18-30)25-21(19-27-23-9-5-3-6-10-23)13-14-22(25)20-28-24-11-7-4-8-12-24/h3-12,19-20H,2,13-18H2,1H3,(H,27,28)/p+1. The average Bonchev–Trinajstić information content (AvgIpc) is 3.26. The summed E-state index contributed by atoms with van der Waals surface area (Å²) >= 11 is 0. The third-order valence-corrected chi connectivity index (χ3v) is 5.77. The molecule has 2 fully saturated rings. The summed E-state index contributed by atoms with van der Waals surface area (Å²) in [5.74, 6) is 0. The topological polar surface area (TPSA) is 56.6 Å². The first-order valence-corrected chi connectivity index (χ1v) is 11.3. The van der Waals surface area contributed by atoms with Gasteiger partial charge in [0.05, 0.1) is 19.7 Å². The van der Waals surface area contributed by atoms with Crippen molar-refractivity contribution in [3.8, 4) is 0 Å². The number of hydrogen-bond acceptors (Lipinski definition) is 4. The van der Waals surface area contributed by atoms with Gasteiger partial charge < -0.3 is 15.4 Å². The molecular formula is C26H31N4O2+. The molecule has 1 amide bonds. The number of rotatable bonds is 5. The maximum absolute atomic E-state index is 12.1. The molecule has 6 heteroatoms. The summed E-state index contributed by atoms with van der Waals surface area (Å²) in [5.41, 5.74) is 6.00. The van der Waals surface area contributed by atoms with Crippen molar-refractivity contribution in [2.75, 3.05) is 43.4 Å². The first kappa shape index (κ1) is 21.7. The minimum atomic E-state index is -0.216. The van der Waals surface area contributed by atoms with Crippen molar-refractivity contribution in [1.82, 2.24) is 4.90 Å². The van der Waals surface area contributed by atoms with E-state index in [4.69, 9.17) is 4.74 Å². The maximum Gasteiger partial charge on any atom is 0.410 e. The zero-order valence-corrected chi connectivity index (χ0v) is 18.6. The van der Waals surface area contributed by atoms with Crippen molar-refractivity contribution in [3.63, 3.8) is 0 Å². The Labute approximate surface area is 189 Å². The van der Waals surface area contributed by atoms with Crippen molar-refractivity contribution in [2.45, 2.75) is 19.8 Å². The molecule has 0 radical (unpaired) electrons. The van der Waals surface area contributed by atoms with Gasteiger partial charge in [-0.15, -0.1) is 0 Å². The highest BCUT2D eigenvalue weighted by Gasteiger charge is 2.33. The molecule has 4 rings (SSSR count). The number of hydrogen-bond donors (Lipinski definition) is 2. The van der Waals surface area contributed by atoms with E-state index in [1.54, 1.807) is 4.90 Å². The molecule has 32 heavy (non-hydrogen) atoms. The first-order chi connectivity index (χ1) is 15.7. The molecule has 2 N–H and O–H groups in total. The van der Waals surface area contributed by atoms with E-state index in [2.05, 4.69) is 51.9 Å². The van der Waals surface area contributed by atoms with Gasteiger partial charge in [-0.25, -0.2) is 9.37 Å². The number of benzene rings is 2. The number of allylic oxidation sites excluding steroid dienone is 2. The summed E-state index contributed by atoms with van der Waals surface area (Å²) in [6.07, 6.45) is 6.01. The zero-order chi connectivity index (χ0) is 22.2. The van der Waals surface area contributed by atoms with Crippen LogP contribution in [0.4, 0.5) is 16.2 Å². The summed E-state index contributed by atoms with van der Waals surface area (Å²) in [6, 6.07) is 20.4. The smallest absolute Gasteiger partial charge is 0.410 e. The second kappa shape index (κ2) is 10.7. The Bertz CT molecular complexity index is 941. The van der Waals surface area contributed by atoms with Crippen LogP contribution in [-0.4, -0.2) is 54.1 Å². The zero-order valence-electron chi connectivity index (χ0n) is 18.6. The Morgan fingerprint density at radius 3 is 1.88 bits per heavy atom. The van der Waals surface area contributed by atoms with Gasteiger partial charge in [-0.3, -0.25) is 4.90 Å². The second-order valence-electron chi connectivity index (χ2n) is 7.88. The highest BCUT2D eigenvalue weighted by Crippen LogP contribution is 2.28. The number of ether oxygens (including phenoxy) is 1. The van der Waals surface area contributed by atoms with Crippen molar-refractivity contribution >= 4 is 23.2 Å². The van der Waals surface area contributed by atoms with Gasteiger partial charge in [0.1, 0.15) is 0 Å². The molecule has 0 aromatic heterocycles. The van der Waals surface area contributed by atoms with Crippen LogP contribution in [0.2, 0.25) is 0 Å². The van der Waals surface area contributed by atoms with Crippen LogP contribution in [-0.2, 0) is 4.74 Å². The van der Waals surface area contributed by atoms with E-state index < -0.39 is 0 Å². The molecule has 166 valence electrons. The molecule has 0 unspecified atom stereocenters. The van der Waals surface area contributed by atoms with Gasteiger partial charge in [0.2, 0.25) is 5.71 Å². The summed E-state index contributed by atoms with van der Waals surface area (Å²) in [5, 5.41) is 6.90. The van der Waals surface area contributed by atoms with Crippen LogP contribution in [0.3, 0.4) is 0 Å². The number of carbonyl (C=O) groups is 1. The number of anilines is 2. The normalized spacial score (nSPS) is 18.8. The molecule has 0 atom stereocenters. The molecule has 6 nitrogen and oxygen atoms in total. The lowest BCUT2D eigenvalue weighted by Crippen LogP contribution is -2.47. The van der Waals surface area contributed by atoms with Crippen LogP contribution < -0.4 is 10.6 Å². The van der Waals surface area contributed by atoms with Crippen molar-refractivity contribution in [3.05, 3.63) is 84.2 Å². The van der Waals surface area contributed by atoms with E-state index in [1.165, 1.54) is 16.9 Å². The molecule has 2 aliphatic rings. The highest BCUT2D eigenvalue weighted by molar-refractivity contribution is 6.11. The van der Waals surface area contributed by atoms with Gasteiger partial charge in [-0.2, -0.15) is 0 Å². The van der Waals surface area contributed by atoms with E-state index in [0.29, 0.717) is 19.7 Å². The molecule has 1 saturated heterocycles. The Kier molecular flexibility index (Phi) is 7.23. The highest BCUT2D eigenvalue weighted by atomic mass is 16.6. The number of para-hydroxylation sites is 2. The van der Waals surface area contributed by atoms with Crippen molar-refractivity contribution in [2.24, 2.45) is 0 Å². The number of amides is 1. The van der Waals surface area contributed by atoms with Crippen LogP contribution in [0.25, 0.3) is 0 Å². The Morgan fingerprint density at radius 2 is 1.41 bits per heavy atom. The number of nitrogens with zero attached hydrogens (tertiary/aromatic N) is 2. The van der Waals surface area contributed by atoms with Crippen molar-refractivity contribution < 1.29 is 14.1 Å². The van der Waals surface area contributed by atoms with E-state index in [0.717, 1.165) is 37.3 Å². The fourth-order valence-electron chi connectivity index (χ4n) is 4.14. The van der Waals surface area contributed by atoms with E-state index in [9.17, 15) is 4.79 Å². The molecule has 1 aliphatic carbocycles. The summed E-state index contributed by atoms with van der Waals surface area (Å²) in [6.45, 7) is 5.17. The molecule has 2 aromatic rings.